The van der Waals surface area contributed by atoms with Crippen LogP contribution in [0.5, 0.6) is 0 Å². The van der Waals surface area contributed by atoms with Crippen LogP contribution in [0, 0.1) is 0 Å². The molecule has 2 aromatic rings. The van der Waals surface area contributed by atoms with Gasteiger partial charge in [-0.15, -0.1) is 0 Å². The summed E-state index contributed by atoms with van der Waals surface area (Å²) < 4.78 is 27.4. The van der Waals surface area contributed by atoms with Crippen LogP contribution < -0.4 is 4.72 Å². The molecule has 2 rings (SSSR count). The van der Waals surface area contributed by atoms with Gasteiger partial charge in [0.2, 0.25) is 0 Å². The highest BCUT2D eigenvalue weighted by Gasteiger charge is 2.20. The van der Waals surface area contributed by atoms with Gasteiger partial charge < -0.3 is 5.11 Å². The van der Waals surface area contributed by atoms with Gasteiger partial charge in [0.1, 0.15) is 0 Å². The summed E-state index contributed by atoms with van der Waals surface area (Å²) in [5.41, 5.74) is 1.05. The van der Waals surface area contributed by atoms with Gasteiger partial charge in [0.25, 0.3) is 10.0 Å². The van der Waals surface area contributed by atoms with Crippen LogP contribution >= 0.6 is 15.9 Å². The normalized spacial score (nSPS) is 11.7. The number of H-pyrrole nitrogens is 1. The van der Waals surface area contributed by atoms with E-state index in [2.05, 4.69) is 30.8 Å². The first-order valence-corrected chi connectivity index (χ1v) is 7.68. The van der Waals surface area contributed by atoms with Crippen LogP contribution in [0.1, 0.15) is 11.1 Å². The van der Waals surface area contributed by atoms with Gasteiger partial charge in [-0.25, -0.2) is 13.1 Å². The third-order valence-corrected chi connectivity index (χ3v) is 4.72. The molecule has 0 spiro atoms. The quantitative estimate of drug-likeness (QED) is 0.757. The minimum Gasteiger partial charge on any atom is -0.392 e. The Hall–Kier alpha value is -1.22. The molecular formula is C11H12BrN3O3S. The number of hydrogen-bond acceptors (Lipinski definition) is 4. The van der Waals surface area contributed by atoms with Crippen molar-refractivity contribution in [1.82, 2.24) is 14.9 Å². The molecule has 3 N–H and O–H groups in total. The van der Waals surface area contributed by atoms with E-state index in [1.165, 1.54) is 6.20 Å². The van der Waals surface area contributed by atoms with Crippen LogP contribution in [0.4, 0.5) is 0 Å². The second kappa shape index (κ2) is 5.83. The summed E-state index contributed by atoms with van der Waals surface area (Å²) in [5, 5.41) is 14.9. The number of aliphatic hydroxyl groups excluding tert-OH is 1. The Labute approximate surface area is 119 Å². The van der Waals surface area contributed by atoms with Gasteiger partial charge in [-0.2, -0.15) is 5.10 Å². The summed E-state index contributed by atoms with van der Waals surface area (Å²) in [6.45, 7) is -0.241. The fourth-order valence-electron chi connectivity index (χ4n) is 1.53. The first-order chi connectivity index (χ1) is 9.04. The van der Waals surface area contributed by atoms with E-state index in [0.717, 1.165) is 10.0 Å². The van der Waals surface area contributed by atoms with E-state index in [1.54, 1.807) is 0 Å². The molecule has 0 atom stereocenters. The molecule has 0 saturated carbocycles. The third-order valence-electron chi connectivity index (χ3n) is 2.53. The summed E-state index contributed by atoms with van der Waals surface area (Å²) in [4.78, 5) is 0. The van der Waals surface area contributed by atoms with Crippen molar-refractivity contribution in [2.24, 2.45) is 0 Å². The average molecular weight is 346 g/mol. The fraction of sp³-hybridized carbons (Fsp3) is 0.182. The van der Waals surface area contributed by atoms with E-state index in [1.807, 2.05) is 24.3 Å². The lowest BCUT2D eigenvalue weighted by Crippen LogP contribution is -2.24. The van der Waals surface area contributed by atoms with Crippen molar-refractivity contribution in [2.75, 3.05) is 0 Å². The maximum Gasteiger partial charge on any atom is 0.258 e. The third kappa shape index (κ3) is 3.21. The van der Waals surface area contributed by atoms with E-state index >= 15 is 0 Å². The zero-order chi connectivity index (χ0) is 13.9. The molecule has 0 aliphatic heterocycles. The zero-order valence-corrected chi connectivity index (χ0v) is 12.2. The fourth-order valence-corrected chi connectivity index (χ4v) is 3.08. The lowest BCUT2D eigenvalue weighted by Gasteiger charge is -2.07. The molecule has 0 unspecified atom stereocenters. The SMILES string of the molecule is O=S(=O)(NCc1ccccc1Br)c1[nH]ncc1CO. The van der Waals surface area contributed by atoms with Crippen molar-refractivity contribution in [2.45, 2.75) is 18.2 Å². The molecule has 0 radical (unpaired) electrons. The smallest absolute Gasteiger partial charge is 0.258 e. The number of hydrogen-bond donors (Lipinski definition) is 3. The highest BCUT2D eigenvalue weighted by Crippen LogP contribution is 2.17. The molecule has 0 amide bonds. The van der Waals surface area contributed by atoms with Crippen molar-refractivity contribution < 1.29 is 13.5 Å². The van der Waals surface area contributed by atoms with Gasteiger partial charge in [-0.3, -0.25) is 5.10 Å². The number of aromatic nitrogens is 2. The lowest BCUT2D eigenvalue weighted by atomic mass is 10.2. The highest BCUT2D eigenvalue weighted by atomic mass is 79.9. The summed E-state index contributed by atoms with van der Waals surface area (Å²) in [6, 6.07) is 7.32. The molecule has 6 nitrogen and oxygen atoms in total. The molecule has 8 heteroatoms. The molecular weight excluding hydrogens is 334 g/mol. The van der Waals surface area contributed by atoms with Gasteiger partial charge in [0.15, 0.2) is 5.03 Å². The van der Waals surface area contributed by atoms with Crippen molar-refractivity contribution in [1.29, 1.82) is 0 Å². The van der Waals surface area contributed by atoms with Crippen LogP contribution in [0.2, 0.25) is 0 Å². The van der Waals surface area contributed by atoms with Crippen LogP contribution in [0.25, 0.3) is 0 Å². The largest absolute Gasteiger partial charge is 0.392 e. The summed E-state index contributed by atoms with van der Waals surface area (Å²) in [7, 11) is -3.72. The molecule has 0 aliphatic rings. The van der Waals surface area contributed by atoms with Crippen LogP contribution in [-0.4, -0.2) is 23.7 Å². The number of sulfonamides is 1. The second-order valence-electron chi connectivity index (χ2n) is 3.80. The van der Waals surface area contributed by atoms with E-state index in [0.29, 0.717) is 0 Å². The molecule has 0 aliphatic carbocycles. The Morgan fingerprint density at radius 3 is 2.74 bits per heavy atom. The zero-order valence-electron chi connectivity index (χ0n) is 9.80. The molecule has 0 fully saturated rings. The van der Waals surface area contributed by atoms with Gasteiger partial charge in [0, 0.05) is 16.6 Å². The van der Waals surface area contributed by atoms with Gasteiger partial charge in [-0.1, -0.05) is 34.1 Å². The van der Waals surface area contributed by atoms with E-state index < -0.39 is 10.0 Å². The number of halogens is 1. The predicted molar refractivity (Wildman–Crippen MR) is 72.7 cm³/mol. The maximum absolute atomic E-state index is 12.0. The van der Waals surface area contributed by atoms with Crippen LogP contribution in [0.3, 0.4) is 0 Å². The van der Waals surface area contributed by atoms with E-state index in [4.69, 9.17) is 5.11 Å². The number of rotatable bonds is 5. The molecule has 102 valence electrons. The summed E-state index contributed by atoms with van der Waals surface area (Å²) in [6.07, 6.45) is 1.28. The maximum atomic E-state index is 12.0. The van der Waals surface area contributed by atoms with Crippen molar-refractivity contribution >= 4 is 26.0 Å². The van der Waals surface area contributed by atoms with Crippen LogP contribution in [0.15, 0.2) is 40.0 Å². The van der Waals surface area contributed by atoms with E-state index in [9.17, 15) is 8.42 Å². The van der Waals surface area contributed by atoms with E-state index in [-0.39, 0.29) is 23.7 Å². The number of benzene rings is 1. The van der Waals surface area contributed by atoms with Crippen LogP contribution in [-0.2, 0) is 23.2 Å². The summed E-state index contributed by atoms with van der Waals surface area (Å²) >= 11 is 3.35. The minimum atomic E-state index is -3.72. The molecule has 1 aromatic heterocycles. The average Bonchev–Trinajstić information content (AvgIpc) is 2.87. The van der Waals surface area contributed by atoms with Gasteiger partial charge >= 0.3 is 0 Å². The minimum absolute atomic E-state index is 0.109. The summed E-state index contributed by atoms with van der Waals surface area (Å²) in [5.74, 6) is 0. The van der Waals surface area contributed by atoms with Crippen molar-refractivity contribution in [3.8, 4) is 0 Å². The van der Waals surface area contributed by atoms with Gasteiger partial charge in [-0.05, 0) is 11.6 Å². The monoisotopic (exact) mass is 345 g/mol. The molecule has 0 bridgehead atoms. The Bertz CT molecular complexity index is 669. The Kier molecular flexibility index (Phi) is 4.35. The lowest BCUT2D eigenvalue weighted by molar-refractivity contribution is 0.278. The number of aromatic amines is 1. The topological polar surface area (TPSA) is 95.1 Å². The Morgan fingerprint density at radius 2 is 2.05 bits per heavy atom. The molecule has 1 aromatic carbocycles. The first kappa shape index (κ1) is 14.2. The number of aliphatic hydroxyl groups is 1. The number of nitrogens with one attached hydrogen (secondary N) is 2. The van der Waals surface area contributed by atoms with Crippen molar-refractivity contribution in [3.05, 3.63) is 46.1 Å². The number of nitrogens with zero attached hydrogens (tertiary/aromatic N) is 1. The highest BCUT2D eigenvalue weighted by molar-refractivity contribution is 9.10. The predicted octanol–water partition coefficient (Wildman–Crippen LogP) is 1.14. The molecule has 19 heavy (non-hydrogen) atoms. The van der Waals surface area contributed by atoms with Crippen molar-refractivity contribution in [3.63, 3.8) is 0 Å². The first-order valence-electron chi connectivity index (χ1n) is 5.41. The second-order valence-corrected chi connectivity index (χ2v) is 6.36. The molecule has 1 heterocycles. The molecule has 0 saturated heterocycles. The Morgan fingerprint density at radius 1 is 1.32 bits per heavy atom. The Balaban J connectivity index is 2.17. The van der Waals surface area contributed by atoms with Gasteiger partial charge in [0.05, 0.1) is 12.8 Å². The standard InChI is InChI=1S/C11H12BrN3O3S/c12-10-4-2-1-3-8(10)6-14-19(17,18)11-9(7-16)5-13-15-11/h1-5,14,16H,6-7H2,(H,13,15).